The first-order chi connectivity index (χ1) is 9.21. The zero-order valence-electron chi connectivity index (χ0n) is 11.9. The number of ether oxygens (including phenoxy) is 1. The highest BCUT2D eigenvalue weighted by molar-refractivity contribution is 5.94. The van der Waals surface area contributed by atoms with Crippen LogP contribution in [-0.2, 0) is 4.74 Å². The minimum Gasteiger partial charge on any atom is -0.383 e. The SMILES string of the molecule is CCCNc1cc(C(=O)NC(CC)COC)ccn1. The summed E-state index contributed by atoms with van der Waals surface area (Å²) in [6, 6.07) is 3.52. The van der Waals surface area contributed by atoms with E-state index < -0.39 is 0 Å². The van der Waals surface area contributed by atoms with E-state index in [1.807, 2.05) is 6.92 Å². The van der Waals surface area contributed by atoms with Crippen molar-refractivity contribution in [3.05, 3.63) is 23.9 Å². The zero-order chi connectivity index (χ0) is 14.1. The van der Waals surface area contributed by atoms with Gasteiger partial charge in [-0.3, -0.25) is 4.79 Å². The number of anilines is 1. The van der Waals surface area contributed by atoms with Crippen molar-refractivity contribution in [1.82, 2.24) is 10.3 Å². The molecule has 5 nitrogen and oxygen atoms in total. The van der Waals surface area contributed by atoms with E-state index in [1.165, 1.54) is 0 Å². The number of methoxy groups -OCH3 is 1. The molecule has 5 heteroatoms. The lowest BCUT2D eigenvalue weighted by atomic mass is 10.2. The molecule has 0 saturated heterocycles. The van der Waals surface area contributed by atoms with Gasteiger partial charge in [0, 0.05) is 25.4 Å². The Morgan fingerprint density at radius 1 is 1.47 bits per heavy atom. The molecule has 0 saturated carbocycles. The van der Waals surface area contributed by atoms with Crippen molar-refractivity contribution in [2.24, 2.45) is 0 Å². The largest absolute Gasteiger partial charge is 0.383 e. The van der Waals surface area contributed by atoms with Gasteiger partial charge in [0.15, 0.2) is 0 Å². The van der Waals surface area contributed by atoms with E-state index in [0.717, 1.165) is 25.2 Å². The summed E-state index contributed by atoms with van der Waals surface area (Å²) >= 11 is 0. The van der Waals surface area contributed by atoms with Crippen LogP contribution >= 0.6 is 0 Å². The number of nitrogens with one attached hydrogen (secondary N) is 2. The maximum Gasteiger partial charge on any atom is 0.251 e. The second-order valence-electron chi connectivity index (χ2n) is 4.39. The van der Waals surface area contributed by atoms with Crippen molar-refractivity contribution >= 4 is 11.7 Å². The highest BCUT2D eigenvalue weighted by atomic mass is 16.5. The number of aromatic nitrogens is 1. The Balaban J connectivity index is 2.65. The van der Waals surface area contributed by atoms with Gasteiger partial charge in [0.2, 0.25) is 0 Å². The fraction of sp³-hybridized carbons (Fsp3) is 0.571. The van der Waals surface area contributed by atoms with Crippen LogP contribution in [0.25, 0.3) is 0 Å². The summed E-state index contributed by atoms with van der Waals surface area (Å²) in [5, 5.41) is 6.11. The van der Waals surface area contributed by atoms with Crippen LogP contribution in [0.4, 0.5) is 5.82 Å². The number of hydrogen-bond donors (Lipinski definition) is 2. The van der Waals surface area contributed by atoms with Crippen LogP contribution in [0.3, 0.4) is 0 Å². The summed E-state index contributed by atoms with van der Waals surface area (Å²) in [7, 11) is 1.63. The molecule has 1 aromatic rings. The van der Waals surface area contributed by atoms with Crippen LogP contribution in [0.5, 0.6) is 0 Å². The van der Waals surface area contributed by atoms with Crippen LogP contribution in [0.1, 0.15) is 37.0 Å². The number of carbonyl (C=O) groups excluding carboxylic acids is 1. The van der Waals surface area contributed by atoms with Crippen LogP contribution < -0.4 is 10.6 Å². The first-order valence-corrected chi connectivity index (χ1v) is 6.71. The molecule has 0 aromatic carbocycles. The second-order valence-corrected chi connectivity index (χ2v) is 4.39. The maximum absolute atomic E-state index is 12.1. The molecular formula is C14H23N3O2. The first-order valence-electron chi connectivity index (χ1n) is 6.71. The standard InChI is InChI=1S/C14H23N3O2/c1-4-7-15-13-9-11(6-8-16-13)14(18)17-12(5-2)10-19-3/h6,8-9,12H,4-5,7,10H2,1-3H3,(H,15,16)(H,17,18). The summed E-state index contributed by atoms with van der Waals surface area (Å²) in [5.74, 6) is 0.639. The Kier molecular flexibility index (Phi) is 6.89. The third-order valence-corrected chi connectivity index (χ3v) is 2.77. The molecule has 0 bridgehead atoms. The van der Waals surface area contributed by atoms with Crippen molar-refractivity contribution in [1.29, 1.82) is 0 Å². The van der Waals surface area contributed by atoms with E-state index in [4.69, 9.17) is 4.74 Å². The fourth-order valence-electron chi connectivity index (χ4n) is 1.65. The number of hydrogen-bond acceptors (Lipinski definition) is 4. The molecule has 1 atom stereocenters. The van der Waals surface area contributed by atoms with Crippen LogP contribution in [-0.4, -0.2) is 37.2 Å². The van der Waals surface area contributed by atoms with Gasteiger partial charge in [-0.1, -0.05) is 13.8 Å². The summed E-state index contributed by atoms with van der Waals surface area (Å²) < 4.78 is 5.07. The molecule has 0 radical (unpaired) electrons. The molecule has 0 fully saturated rings. The van der Waals surface area contributed by atoms with Gasteiger partial charge in [-0.15, -0.1) is 0 Å². The van der Waals surface area contributed by atoms with Crippen molar-refractivity contribution in [3.8, 4) is 0 Å². The summed E-state index contributed by atoms with van der Waals surface area (Å²) in [5.41, 5.74) is 0.614. The monoisotopic (exact) mass is 265 g/mol. The molecule has 0 aliphatic heterocycles. The Hall–Kier alpha value is -1.62. The fourth-order valence-corrected chi connectivity index (χ4v) is 1.65. The summed E-state index contributed by atoms with van der Waals surface area (Å²) in [4.78, 5) is 16.3. The molecule has 1 unspecified atom stereocenters. The topological polar surface area (TPSA) is 63.2 Å². The van der Waals surface area contributed by atoms with Gasteiger partial charge in [-0.05, 0) is 25.0 Å². The third kappa shape index (κ3) is 5.26. The highest BCUT2D eigenvalue weighted by Crippen LogP contribution is 2.07. The van der Waals surface area contributed by atoms with E-state index in [2.05, 4.69) is 22.5 Å². The minimum atomic E-state index is -0.0918. The van der Waals surface area contributed by atoms with Crippen LogP contribution in [0.2, 0.25) is 0 Å². The summed E-state index contributed by atoms with van der Waals surface area (Å²) in [6.07, 6.45) is 3.50. The van der Waals surface area contributed by atoms with Gasteiger partial charge in [0.25, 0.3) is 5.91 Å². The maximum atomic E-state index is 12.1. The molecule has 1 heterocycles. The molecule has 2 N–H and O–H groups in total. The van der Waals surface area contributed by atoms with Gasteiger partial charge in [-0.25, -0.2) is 4.98 Å². The Bertz CT molecular complexity index is 396. The molecular weight excluding hydrogens is 242 g/mol. The lowest BCUT2D eigenvalue weighted by Gasteiger charge is -2.16. The number of carbonyl (C=O) groups is 1. The van der Waals surface area contributed by atoms with Gasteiger partial charge in [-0.2, -0.15) is 0 Å². The average Bonchev–Trinajstić information content (AvgIpc) is 2.44. The van der Waals surface area contributed by atoms with E-state index in [9.17, 15) is 4.79 Å². The van der Waals surface area contributed by atoms with Crippen LogP contribution in [0.15, 0.2) is 18.3 Å². The van der Waals surface area contributed by atoms with E-state index in [1.54, 1.807) is 25.4 Å². The molecule has 1 aromatic heterocycles. The Morgan fingerprint density at radius 3 is 2.89 bits per heavy atom. The van der Waals surface area contributed by atoms with Gasteiger partial charge < -0.3 is 15.4 Å². The molecule has 0 aliphatic rings. The average molecular weight is 265 g/mol. The Labute approximate surface area is 114 Å². The Morgan fingerprint density at radius 2 is 2.26 bits per heavy atom. The van der Waals surface area contributed by atoms with E-state index >= 15 is 0 Å². The summed E-state index contributed by atoms with van der Waals surface area (Å²) in [6.45, 7) is 5.47. The minimum absolute atomic E-state index is 0.0396. The second kappa shape index (κ2) is 8.48. The zero-order valence-corrected chi connectivity index (χ0v) is 11.9. The smallest absolute Gasteiger partial charge is 0.251 e. The molecule has 0 spiro atoms. The third-order valence-electron chi connectivity index (χ3n) is 2.77. The number of rotatable bonds is 8. The van der Waals surface area contributed by atoms with E-state index in [-0.39, 0.29) is 11.9 Å². The predicted octanol–water partition coefficient (Wildman–Crippen LogP) is 2.06. The van der Waals surface area contributed by atoms with Crippen molar-refractivity contribution < 1.29 is 9.53 Å². The lowest BCUT2D eigenvalue weighted by molar-refractivity contribution is 0.0894. The van der Waals surface area contributed by atoms with Crippen LogP contribution in [0, 0.1) is 0 Å². The van der Waals surface area contributed by atoms with E-state index in [0.29, 0.717) is 12.2 Å². The lowest BCUT2D eigenvalue weighted by Crippen LogP contribution is -2.37. The number of amides is 1. The van der Waals surface area contributed by atoms with Gasteiger partial charge >= 0.3 is 0 Å². The molecule has 1 rings (SSSR count). The van der Waals surface area contributed by atoms with Crippen molar-refractivity contribution in [2.75, 3.05) is 25.6 Å². The molecule has 19 heavy (non-hydrogen) atoms. The molecule has 0 aliphatic carbocycles. The predicted molar refractivity (Wildman–Crippen MR) is 76.4 cm³/mol. The molecule has 106 valence electrons. The normalized spacial score (nSPS) is 11.9. The van der Waals surface area contributed by atoms with Crippen molar-refractivity contribution in [2.45, 2.75) is 32.7 Å². The number of nitrogens with zero attached hydrogens (tertiary/aromatic N) is 1. The van der Waals surface area contributed by atoms with Gasteiger partial charge in [0.05, 0.1) is 12.6 Å². The molecule has 1 amide bonds. The van der Waals surface area contributed by atoms with Gasteiger partial charge in [0.1, 0.15) is 5.82 Å². The van der Waals surface area contributed by atoms with Crippen molar-refractivity contribution in [3.63, 3.8) is 0 Å². The first kappa shape index (κ1) is 15.4. The highest BCUT2D eigenvalue weighted by Gasteiger charge is 2.12. The quantitative estimate of drug-likeness (QED) is 0.755. The number of pyridine rings is 1.